The van der Waals surface area contributed by atoms with Gasteiger partial charge in [-0.15, -0.1) is 0 Å². The first-order valence-electron chi connectivity index (χ1n) is 11.6. The van der Waals surface area contributed by atoms with Gasteiger partial charge in [-0.2, -0.15) is 26.3 Å². The second kappa shape index (κ2) is 9.03. The Bertz CT molecular complexity index is 1300. The van der Waals surface area contributed by atoms with E-state index in [9.17, 15) is 31.1 Å². The Morgan fingerprint density at radius 3 is 2.46 bits per heavy atom. The maximum atomic E-state index is 13.7. The Morgan fingerprint density at radius 2 is 1.81 bits per heavy atom. The summed E-state index contributed by atoms with van der Waals surface area (Å²) in [5.41, 5.74) is -1.25. The van der Waals surface area contributed by atoms with Gasteiger partial charge in [0.1, 0.15) is 5.82 Å². The maximum absolute atomic E-state index is 13.7. The lowest BCUT2D eigenvalue weighted by molar-refractivity contribution is -0.141. The molecule has 3 atom stereocenters. The lowest BCUT2D eigenvalue weighted by atomic mass is 10.0. The Morgan fingerprint density at radius 1 is 1.03 bits per heavy atom. The van der Waals surface area contributed by atoms with Crippen molar-refractivity contribution in [2.45, 2.75) is 38.2 Å². The fraction of sp³-hybridized carbons (Fsp3) is 0.417. The van der Waals surface area contributed by atoms with Gasteiger partial charge < -0.3 is 14.8 Å². The van der Waals surface area contributed by atoms with Gasteiger partial charge >= 0.3 is 12.4 Å². The third-order valence-electron chi connectivity index (χ3n) is 6.75. The van der Waals surface area contributed by atoms with Crippen LogP contribution in [0.4, 0.5) is 32.2 Å². The summed E-state index contributed by atoms with van der Waals surface area (Å²) in [6.45, 7) is 2.39. The summed E-state index contributed by atoms with van der Waals surface area (Å²) in [7, 11) is 0. The lowest BCUT2D eigenvalue weighted by Crippen LogP contribution is -2.48. The highest BCUT2D eigenvalue weighted by molar-refractivity contribution is 5.96. The molecule has 7 nitrogen and oxygen atoms in total. The maximum Gasteiger partial charge on any atom is 0.434 e. The summed E-state index contributed by atoms with van der Waals surface area (Å²) in [6.07, 6.45) is -4.93. The Kier molecular flexibility index (Phi) is 6.11. The van der Waals surface area contributed by atoms with E-state index in [4.69, 9.17) is 0 Å². The van der Waals surface area contributed by atoms with Crippen LogP contribution >= 0.6 is 0 Å². The third kappa shape index (κ3) is 5.25. The zero-order valence-corrected chi connectivity index (χ0v) is 19.5. The monoisotopic (exact) mass is 524 g/mol. The molecule has 1 aliphatic heterocycles. The number of pyridine rings is 2. The van der Waals surface area contributed by atoms with Gasteiger partial charge in [0.25, 0.3) is 5.91 Å². The van der Waals surface area contributed by atoms with Crippen molar-refractivity contribution in [3.8, 4) is 5.69 Å². The SMILES string of the molecule is Cc1ccc(-n2cnc(C(F)(F)F)c2)c(C(=O)N2C[C@@H]3C[C@@H]3CC2CNc2ccc(C(F)(F)F)cn2)n1. The normalized spacial score (nSPS) is 21.5. The summed E-state index contributed by atoms with van der Waals surface area (Å²) in [5.74, 6) is 0.594. The molecule has 1 unspecified atom stereocenters. The number of rotatable bonds is 5. The molecule has 3 aromatic heterocycles. The Labute approximate surface area is 207 Å². The highest BCUT2D eigenvalue weighted by Crippen LogP contribution is 2.47. The molecule has 5 rings (SSSR count). The van der Waals surface area contributed by atoms with E-state index in [0.717, 1.165) is 35.8 Å². The predicted molar refractivity (Wildman–Crippen MR) is 120 cm³/mol. The predicted octanol–water partition coefficient (Wildman–Crippen LogP) is 4.97. The number of hydrogen-bond donors (Lipinski definition) is 1. The van der Waals surface area contributed by atoms with Gasteiger partial charge in [0.15, 0.2) is 11.4 Å². The standard InChI is InChI=1S/C24H22F6N6O/c1-13-2-4-18(35-11-19(33-12-35)24(28,29)30)21(34-13)22(37)36-10-15-6-14(15)7-17(36)9-32-20-5-3-16(8-31-20)23(25,26)27/h2-5,8,11-12,14-15,17H,6-7,9-10H2,1H3,(H,31,32)/t14-,15+,17?/m1/s1. The zero-order chi connectivity index (χ0) is 26.5. The molecule has 3 aromatic rings. The first-order chi connectivity index (χ1) is 17.4. The molecule has 37 heavy (non-hydrogen) atoms. The van der Waals surface area contributed by atoms with Crippen molar-refractivity contribution >= 4 is 11.7 Å². The number of imidazole rings is 1. The van der Waals surface area contributed by atoms with Crippen LogP contribution in [0.25, 0.3) is 5.69 Å². The number of amides is 1. The largest absolute Gasteiger partial charge is 0.434 e. The zero-order valence-electron chi connectivity index (χ0n) is 19.5. The molecule has 0 spiro atoms. The van der Waals surface area contributed by atoms with Crippen LogP contribution in [-0.4, -0.2) is 49.5 Å². The minimum atomic E-state index is -4.63. The van der Waals surface area contributed by atoms with Crippen LogP contribution in [0.1, 0.15) is 40.3 Å². The second-order valence-corrected chi connectivity index (χ2v) is 9.40. The highest BCUT2D eigenvalue weighted by atomic mass is 19.4. The summed E-state index contributed by atoms with van der Waals surface area (Å²) in [5, 5.41) is 3.01. The number of likely N-dealkylation sites (tertiary alicyclic amines) is 1. The quantitative estimate of drug-likeness (QED) is 0.477. The van der Waals surface area contributed by atoms with E-state index in [1.165, 1.54) is 12.1 Å². The average molecular weight is 524 g/mol. The molecule has 4 heterocycles. The molecule has 196 valence electrons. The number of hydrogen-bond acceptors (Lipinski definition) is 5. The summed E-state index contributed by atoms with van der Waals surface area (Å²) in [6, 6.07) is 4.99. The van der Waals surface area contributed by atoms with Gasteiger partial charge in [-0.1, -0.05) is 0 Å². The molecule has 13 heteroatoms. The summed E-state index contributed by atoms with van der Waals surface area (Å²) < 4.78 is 78.9. The van der Waals surface area contributed by atoms with E-state index in [0.29, 0.717) is 30.5 Å². The van der Waals surface area contributed by atoms with Gasteiger partial charge in [0.2, 0.25) is 0 Å². The van der Waals surface area contributed by atoms with Crippen LogP contribution in [-0.2, 0) is 12.4 Å². The molecule has 2 aliphatic rings. The first-order valence-corrected chi connectivity index (χ1v) is 11.6. The van der Waals surface area contributed by atoms with Crippen molar-refractivity contribution in [1.29, 1.82) is 0 Å². The van der Waals surface area contributed by atoms with Crippen LogP contribution < -0.4 is 5.32 Å². The van der Waals surface area contributed by atoms with Crippen molar-refractivity contribution < 1.29 is 31.1 Å². The summed E-state index contributed by atoms with van der Waals surface area (Å²) >= 11 is 0. The van der Waals surface area contributed by atoms with Crippen molar-refractivity contribution in [3.63, 3.8) is 0 Å². The van der Waals surface area contributed by atoms with Crippen molar-refractivity contribution in [1.82, 2.24) is 24.4 Å². The number of alkyl halides is 6. The van der Waals surface area contributed by atoms with Crippen LogP contribution in [0.3, 0.4) is 0 Å². The number of aromatic nitrogens is 4. The van der Waals surface area contributed by atoms with Crippen LogP contribution in [0.5, 0.6) is 0 Å². The van der Waals surface area contributed by atoms with Crippen molar-refractivity contribution in [2.75, 3.05) is 18.4 Å². The molecule has 1 amide bonds. The number of nitrogens with zero attached hydrogens (tertiary/aromatic N) is 5. The van der Waals surface area contributed by atoms with Gasteiger partial charge in [0, 0.05) is 37.2 Å². The fourth-order valence-corrected chi connectivity index (χ4v) is 4.68. The highest BCUT2D eigenvalue weighted by Gasteiger charge is 2.47. The number of fused-ring (bicyclic) bond motifs is 1. The number of halogens is 6. The average Bonchev–Trinajstić information content (AvgIpc) is 3.41. The van der Waals surface area contributed by atoms with Gasteiger partial charge in [-0.3, -0.25) is 4.79 Å². The molecule has 0 radical (unpaired) electrons. The molecule has 2 fully saturated rings. The topological polar surface area (TPSA) is 75.9 Å². The number of carbonyl (C=O) groups is 1. The minimum Gasteiger partial charge on any atom is -0.368 e. The smallest absolute Gasteiger partial charge is 0.368 e. The van der Waals surface area contributed by atoms with Crippen molar-refractivity contribution in [2.24, 2.45) is 11.8 Å². The summed E-state index contributed by atoms with van der Waals surface area (Å²) in [4.78, 5) is 27.0. The number of piperidine rings is 1. The molecule has 1 saturated heterocycles. The molecule has 0 bridgehead atoms. The number of aryl methyl sites for hydroxylation is 1. The second-order valence-electron chi connectivity index (χ2n) is 9.40. The molecular formula is C24H22F6N6O. The van der Waals surface area contributed by atoms with Crippen molar-refractivity contribution in [3.05, 3.63) is 65.6 Å². The van der Waals surface area contributed by atoms with E-state index in [2.05, 4.69) is 20.3 Å². The molecule has 1 saturated carbocycles. The lowest BCUT2D eigenvalue weighted by Gasteiger charge is -2.36. The molecular weight excluding hydrogens is 502 g/mol. The third-order valence-corrected chi connectivity index (χ3v) is 6.75. The van der Waals surface area contributed by atoms with Gasteiger partial charge in [-0.25, -0.2) is 15.0 Å². The van der Waals surface area contributed by atoms with E-state index in [-0.39, 0.29) is 29.8 Å². The number of carbonyl (C=O) groups excluding carboxylic acids is 1. The number of anilines is 1. The van der Waals surface area contributed by atoms with Crippen LogP contribution in [0, 0.1) is 18.8 Å². The van der Waals surface area contributed by atoms with E-state index in [1.807, 2.05) is 0 Å². The van der Waals surface area contributed by atoms with E-state index in [1.54, 1.807) is 17.9 Å². The minimum absolute atomic E-state index is 0.00267. The Hall–Kier alpha value is -3.64. The Balaban J connectivity index is 1.38. The van der Waals surface area contributed by atoms with Gasteiger partial charge in [0.05, 0.1) is 17.6 Å². The fourth-order valence-electron chi connectivity index (χ4n) is 4.68. The van der Waals surface area contributed by atoms with Crippen LogP contribution in [0.15, 0.2) is 43.0 Å². The molecule has 0 aromatic carbocycles. The first kappa shape index (κ1) is 25.0. The number of nitrogens with one attached hydrogen (secondary N) is 1. The van der Waals surface area contributed by atoms with Crippen LogP contribution in [0.2, 0.25) is 0 Å². The van der Waals surface area contributed by atoms with Gasteiger partial charge in [-0.05, 0) is 55.9 Å². The van der Waals surface area contributed by atoms with E-state index < -0.39 is 29.5 Å². The van der Waals surface area contributed by atoms with E-state index >= 15 is 0 Å². The molecule has 1 aliphatic carbocycles. The molecule has 1 N–H and O–H groups in total.